The highest BCUT2D eigenvalue weighted by Gasteiger charge is 2.22. The van der Waals surface area contributed by atoms with Gasteiger partial charge in [0.2, 0.25) is 0 Å². The van der Waals surface area contributed by atoms with Crippen molar-refractivity contribution in [3.8, 4) is 11.1 Å². The van der Waals surface area contributed by atoms with Crippen molar-refractivity contribution in [3.63, 3.8) is 0 Å². The third kappa shape index (κ3) is 3.60. The number of nitrogen functional groups attached to an aromatic ring is 1. The minimum absolute atomic E-state index is 0.115. The minimum atomic E-state index is -0.241. The lowest BCUT2D eigenvalue weighted by atomic mass is 9.94. The van der Waals surface area contributed by atoms with Crippen LogP contribution in [0.4, 0.5) is 5.82 Å². The number of nitrogens with two attached hydrogens (primary N) is 1. The summed E-state index contributed by atoms with van der Waals surface area (Å²) in [5.74, 6) is 0.283. The Labute approximate surface area is 178 Å². The van der Waals surface area contributed by atoms with Gasteiger partial charge in [-0.2, -0.15) is 0 Å². The molecule has 0 spiro atoms. The first-order valence-electron chi connectivity index (χ1n) is 9.64. The van der Waals surface area contributed by atoms with Crippen molar-refractivity contribution in [2.45, 2.75) is 19.9 Å². The molecule has 4 rings (SSSR count). The van der Waals surface area contributed by atoms with Crippen LogP contribution in [0.25, 0.3) is 21.9 Å². The zero-order valence-corrected chi connectivity index (χ0v) is 17.2. The molecule has 0 bridgehead atoms. The van der Waals surface area contributed by atoms with Crippen molar-refractivity contribution >= 4 is 34.0 Å². The predicted octanol–water partition coefficient (Wildman–Crippen LogP) is 4.94. The number of Topliss-reactive ketones (excluding diaryl/α,β-unsaturated/α-hetero) is 1. The summed E-state index contributed by atoms with van der Waals surface area (Å²) in [6.07, 6.45) is 1.89. The van der Waals surface area contributed by atoms with Gasteiger partial charge in [-0.25, -0.2) is 4.98 Å². The first-order valence-corrected chi connectivity index (χ1v) is 10.0. The summed E-state index contributed by atoms with van der Waals surface area (Å²) in [6, 6.07) is 18.2. The molecule has 0 aliphatic heterocycles. The van der Waals surface area contributed by atoms with E-state index in [4.69, 9.17) is 17.3 Å². The number of pyridine rings is 2. The number of aromatic nitrogens is 2. The van der Waals surface area contributed by atoms with Crippen molar-refractivity contribution in [1.82, 2.24) is 9.55 Å². The van der Waals surface area contributed by atoms with Gasteiger partial charge in [0.15, 0.2) is 5.78 Å². The fraction of sp³-hybridized carbons (Fsp3) is 0.125. The third-order valence-corrected chi connectivity index (χ3v) is 5.30. The number of carbonyl (C=O) groups excluding carboxylic acids is 1. The number of rotatable bonds is 5. The highest BCUT2D eigenvalue weighted by atomic mass is 35.5. The van der Waals surface area contributed by atoms with Gasteiger partial charge in [0.05, 0.1) is 12.2 Å². The van der Waals surface area contributed by atoms with E-state index in [0.29, 0.717) is 32.9 Å². The van der Waals surface area contributed by atoms with Gasteiger partial charge in [0, 0.05) is 28.6 Å². The standard InChI is InChI=1S/C24H20ClN3O2/c1-2-20(29)23-22(16-6-4-3-5-7-16)19-12-17(25)9-10-18(19)24(30)28(23)14-15-8-11-21(26)27-13-15/h3-13H,2,14H2,1H3,(H2,26,27). The number of carbonyl (C=O) groups is 1. The largest absolute Gasteiger partial charge is 0.384 e. The van der Waals surface area contributed by atoms with Crippen LogP contribution >= 0.6 is 11.6 Å². The van der Waals surface area contributed by atoms with Crippen molar-refractivity contribution in [2.75, 3.05) is 5.73 Å². The number of anilines is 1. The van der Waals surface area contributed by atoms with Crippen LogP contribution < -0.4 is 11.3 Å². The summed E-state index contributed by atoms with van der Waals surface area (Å²) in [4.78, 5) is 30.7. The van der Waals surface area contributed by atoms with Crippen LogP contribution in [0.15, 0.2) is 71.7 Å². The molecule has 2 aromatic heterocycles. The van der Waals surface area contributed by atoms with E-state index < -0.39 is 0 Å². The van der Waals surface area contributed by atoms with Gasteiger partial charge >= 0.3 is 0 Å². The Kier molecular flexibility index (Phi) is 5.38. The third-order valence-electron chi connectivity index (χ3n) is 5.07. The first kappa shape index (κ1) is 19.9. The van der Waals surface area contributed by atoms with Gasteiger partial charge in [-0.05, 0) is 40.8 Å². The highest BCUT2D eigenvalue weighted by Crippen LogP contribution is 2.33. The second-order valence-electron chi connectivity index (χ2n) is 7.04. The topological polar surface area (TPSA) is 78.0 Å². The maximum absolute atomic E-state index is 13.5. The van der Waals surface area contributed by atoms with Gasteiger partial charge in [-0.3, -0.25) is 14.2 Å². The molecule has 0 amide bonds. The SMILES string of the molecule is CCC(=O)c1c(-c2ccccc2)c2cc(Cl)ccc2c(=O)n1Cc1ccc(N)nc1. The van der Waals surface area contributed by atoms with E-state index in [0.717, 1.165) is 11.1 Å². The van der Waals surface area contributed by atoms with Gasteiger partial charge in [0.1, 0.15) is 5.82 Å². The molecule has 5 nitrogen and oxygen atoms in total. The Hall–Kier alpha value is -3.44. The van der Waals surface area contributed by atoms with Crippen molar-refractivity contribution in [1.29, 1.82) is 0 Å². The van der Waals surface area contributed by atoms with E-state index in [1.54, 1.807) is 37.4 Å². The molecule has 0 fully saturated rings. The second kappa shape index (κ2) is 8.13. The van der Waals surface area contributed by atoms with E-state index in [-0.39, 0.29) is 24.3 Å². The lowest BCUT2D eigenvalue weighted by molar-refractivity contribution is 0.0979. The van der Waals surface area contributed by atoms with Crippen molar-refractivity contribution < 1.29 is 4.79 Å². The zero-order chi connectivity index (χ0) is 21.3. The van der Waals surface area contributed by atoms with E-state index in [1.807, 2.05) is 36.4 Å². The van der Waals surface area contributed by atoms with E-state index in [2.05, 4.69) is 4.98 Å². The maximum Gasteiger partial charge on any atom is 0.259 e. The Bertz CT molecular complexity index is 1300. The summed E-state index contributed by atoms with van der Waals surface area (Å²) >= 11 is 6.27. The van der Waals surface area contributed by atoms with E-state index in [9.17, 15) is 9.59 Å². The smallest absolute Gasteiger partial charge is 0.259 e. The molecule has 30 heavy (non-hydrogen) atoms. The molecule has 4 aromatic rings. The Balaban J connectivity index is 2.11. The van der Waals surface area contributed by atoms with Crippen molar-refractivity contribution in [3.05, 3.63) is 93.5 Å². The van der Waals surface area contributed by atoms with Gasteiger partial charge < -0.3 is 5.73 Å². The van der Waals surface area contributed by atoms with Crippen LogP contribution in [0.5, 0.6) is 0 Å². The van der Waals surface area contributed by atoms with Crippen molar-refractivity contribution in [2.24, 2.45) is 0 Å². The second-order valence-corrected chi connectivity index (χ2v) is 7.48. The zero-order valence-electron chi connectivity index (χ0n) is 16.4. The molecule has 0 aliphatic rings. The van der Waals surface area contributed by atoms with E-state index in [1.165, 1.54) is 4.57 Å². The van der Waals surface area contributed by atoms with Crippen LogP contribution in [0, 0.1) is 0 Å². The molecule has 2 heterocycles. The molecule has 0 radical (unpaired) electrons. The minimum Gasteiger partial charge on any atom is -0.384 e. The molecule has 0 saturated carbocycles. The number of fused-ring (bicyclic) bond motifs is 1. The first-order chi connectivity index (χ1) is 14.5. The Morgan fingerprint density at radius 2 is 1.83 bits per heavy atom. The summed E-state index contributed by atoms with van der Waals surface area (Å²) in [5, 5.41) is 1.69. The molecule has 0 aliphatic carbocycles. The molecule has 0 atom stereocenters. The fourth-order valence-electron chi connectivity index (χ4n) is 3.64. The normalized spacial score (nSPS) is 11.0. The number of halogens is 1. The van der Waals surface area contributed by atoms with Crippen LogP contribution in [-0.4, -0.2) is 15.3 Å². The van der Waals surface area contributed by atoms with Crippen LogP contribution in [-0.2, 0) is 6.54 Å². The van der Waals surface area contributed by atoms with E-state index >= 15 is 0 Å². The molecular formula is C24H20ClN3O2. The average molecular weight is 418 g/mol. The maximum atomic E-state index is 13.5. The quantitative estimate of drug-likeness (QED) is 0.466. The molecule has 2 N–H and O–H groups in total. The number of ketones is 1. The predicted molar refractivity (Wildman–Crippen MR) is 121 cm³/mol. The summed E-state index contributed by atoms with van der Waals surface area (Å²) < 4.78 is 1.54. The number of hydrogen-bond donors (Lipinski definition) is 1. The lowest BCUT2D eigenvalue weighted by Crippen LogP contribution is -2.28. The molecule has 150 valence electrons. The highest BCUT2D eigenvalue weighted by molar-refractivity contribution is 6.31. The molecule has 0 unspecified atom stereocenters. The number of benzene rings is 2. The average Bonchev–Trinajstić information content (AvgIpc) is 2.76. The summed E-state index contributed by atoms with van der Waals surface area (Å²) in [5.41, 5.74) is 8.17. The molecule has 2 aromatic carbocycles. The molecule has 0 saturated heterocycles. The van der Waals surface area contributed by atoms with Crippen LogP contribution in [0.1, 0.15) is 29.4 Å². The van der Waals surface area contributed by atoms with Crippen LogP contribution in [0.2, 0.25) is 5.02 Å². The monoisotopic (exact) mass is 417 g/mol. The number of nitrogens with zero attached hydrogens (tertiary/aromatic N) is 2. The van der Waals surface area contributed by atoms with Gasteiger partial charge in [-0.1, -0.05) is 54.9 Å². The van der Waals surface area contributed by atoms with Crippen LogP contribution in [0.3, 0.4) is 0 Å². The molecular weight excluding hydrogens is 398 g/mol. The Morgan fingerprint density at radius 3 is 2.50 bits per heavy atom. The van der Waals surface area contributed by atoms with Gasteiger partial charge in [-0.15, -0.1) is 0 Å². The lowest BCUT2D eigenvalue weighted by Gasteiger charge is -2.19. The Morgan fingerprint density at radius 1 is 1.07 bits per heavy atom. The number of hydrogen-bond acceptors (Lipinski definition) is 4. The van der Waals surface area contributed by atoms with Gasteiger partial charge in [0.25, 0.3) is 5.56 Å². The molecule has 6 heteroatoms. The summed E-state index contributed by atoms with van der Waals surface area (Å²) in [7, 11) is 0. The summed E-state index contributed by atoms with van der Waals surface area (Å²) in [6.45, 7) is 2.00. The fourth-order valence-corrected chi connectivity index (χ4v) is 3.81.